The van der Waals surface area contributed by atoms with Gasteiger partial charge in [-0.05, 0) is 44.4 Å². The summed E-state index contributed by atoms with van der Waals surface area (Å²) in [7, 11) is -2.28. The SMILES string of the molecule is CC=CC(=O)C(O)CC[Si](CC)(OCCC)OCCC. The molecule has 4 nitrogen and oxygen atoms in total. The summed E-state index contributed by atoms with van der Waals surface area (Å²) in [5.74, 6) is -0.238. The Labute approximate surface area is 124 Å². The van der Waals surface area contributed by atoms with Crippen LogP contribution >= 0.6 is 0 Å². The van der Waals surface area contributed by atoms with E-state index in [-0.39, 0.29) is 5.78 Å². The van der Waals surface area contributed by atoms with Gasteiger partial charge in [0, 0.05) is 13.2 Å². The first-order valence-electron chi connectivity index (χ1n) is 7.67. The van der Waals surface area contributed by atoms with Gasteiger partial charge in [0.15, 0.2) is 5.78 Å². The van der Waals surface area contributed by atoms with Crippen LogP contribution in [0.1, 0.15) is 47.0 Å². The quantitative estimate of drug-likeness (QED) is 0.444. The summed E-state index contributed by atoms with van der Waals surface area (Å²) in [6.07, 6.45) is 4.43. The third-order valence-electron chi connectivity index (χ3n) is 3.14. The molecule has 0 aliphatic heterocycles. The van der Waals surface area contributed by atoms with Crippen LogP contribution in [0.25, 0.3) is 0 Å². The number of rotatable bonds is 12. The highest BCUT2D eigenvalue weighted by atomic mass is 28.4. The molecule has 0 bridgehead atoms. The molecular formula is C15H30O4Si. The number of aliphatic hydroxyl groups excluding tert-OH is 1. The Morgan fingerprint density at radius 2 is 1.75 bits per heavy atom. The predicted molar refractivity (Wildman–Crippen MR) is 84.0 cm³/mol. The minimum absolute atomic E-state index is 0.238. The molecule has 0 saturated carbocycles. The number of ketones is 1. The average molecular weight is 302 g/mol. The Hall–Kier alpha value is -0.493. The first kappa shape index (κ1) is 19.5. The molecule has 0 aromatic rings. The minimum Gasteiger partial charge on any atom is -0.394 e. The van der Waals surface area contributed by atoms with Crippen molar-refractivity contribution in [1.29, 1.82) is 0 Å². The molecule has 0 heterocycles. The van der Waals surface area contributed by atoms with Gasteiger partial charge in [0.1, 0.15) is 6.10 Å². The Kier molecular flexibility index (Phi) is 10.9. The average Bonchev–Trinajstić information content (AvgIpc) is 2.47. The zero-order chi connectivity index (χ0) is 15.4. The smallest absolute Gasteiger partial charge is 0.337 e. The highest BCUT2D eigenvalue weighted by Gasteiger charge is 2.36. The Morgan fingerprint density at radius 1 is 1.20 bits per heavy atom. The third-order valence-corrected chi connectivity index (χ3v) is 6.72. The number of carbonyl (C=O) groups is 1. The van der Waals surface area contributed by atoms with Crippen molar-refractivity contribution in [2.45, 2.75) is 65.1 Å². The van der Waals surface area contributed by atoms with Gasteiger partial charge in [-0.1, -0.05) is 26.8 Å². The standard InChI is InChI=1S/C15H30O4Si/c1-5-9-14(16)15(17)10-13-20(8-4,18-11-6-2)19-12-7-3/h5,9,15,17H,6-8,10-13H2,1-4H3. The van der Waals surface area contributed by atoms with Crippen molar-refractivity contribution in [1.82, 2.24) is 0 Å². The second-order valence-electron chi connectivity index (χ2n) is 4.92. The molecule has 0 amide bonds. The molecule has 20 heavy (non-hydrogen) atoms. The van der Waals surface area contributed by atoms with Crippen molar-refractivity contribution < 1.29 is 18.8 Å². The molecular weight excluding hydrogens is 272 g/mol. The summed E-state index contributed by atoms with van der Waals surface area (Å²) in [6.45, 7) is 9.34. The van der Waals surface area contributed by atoms with Crippen LogP contribution in [-0.4, -0.2) is 38.8 Å². The molecule has 0 rings (SSSR count). The predicted octanol–water partition coefficient (Wildman–Crippen LogP) is 3.20. The summed E-state index contributed by atoms with van der Waals surface area (Å²) in [5, 5.41) is 9.87. The molecule has 0 fully saturated rings. The molecule has 0 aliphatic carbocycles. The van der Waals surface area contributed by atoms with Crippen molar-refractivity contribution in [3.05, 3.63) is 12.2 Å². The maximum Gasteiger partial charge on any atom is 0.337 e. The van der Waals surface area contributed by atoms with E-state index in [1.165, 1.54) is 6.08 Å². The van der Waals surface area contributed by atoms with E-state index in [1.807, 2.05) is 0 Å². The van der Waals surface area contributed by atoms with E-state index in [1.54, 1.807) is 13.0 Å². The number of allylic oxidation sites excluding steroid dienone is 1. The summed E-state index contributed by atoms with van der Waals surface area (Å²) >= 11 is 0. The normalized spacial score (nSPS) is 13.8. The molecule has 0 spiro atoms. The van der Waals surface area contributed by atoms with Gasteiger partial charge in [-0.15, -0.1) is 0 Å². The highest BCUT2D eigenvalue weighted by molar-refractivity contribution is 6.67. The second-order valence-corrected chi connectivity index (χ2v) is 8.52. The number of aliphatic hydroxyl groups is 1. The van der Waals surface area contributed by atoms with Gasteiger partial charge in [-0.25, -0.2) is 0 Å². The lowest BCUT2D eigenvalue weighted by molar-refractivity contribution is -0.122. The topological polar surface area (TPSA) is 55.8 Å². The van der Waals surface area contributed by atoms with Crippen LogP contribution in [0.2, 0.25) is 12.1 Å². The lowest BCUT2D eigenvalue weighted by Crippen LogP contribution is -2.43. The zero-order valence-corrected chi connectivity index (χ0v) is 14.4. The van der Waals surface area contributed by atoms with Crippen LogP contribution in [-0.2, 0) is 13.6 Å². The number of hydrogen-bond acceptors (Lipinski definition) is 4. The van der Waals surface area contributed by atoms with Crippen LogP contribution in [0.15, 0.2) is 12.2 Å². The molecule has 1 atom stereocenters. The van der Waals surface area contributed by atoms with E-state index in [2.05, 4.69) is 20.8 Å². The Bertz CT molecular complexity index is 284. The van der Waals surface area contributed by atoms with Gasteiger partial charge in [0.05, 0.1) is 0 Å². The first-order valence-corrected chi connectivity index (χ1v) is 9.90. The van der Waals surface area contributed by atoms with Crippen LogP contribution in [0.5, 0.6) is 0 Å². The molecule has 1 unspecified atom stereocenters. The summed E-state index contributed by atoms with van der Waals surface area (Å²) in [4.78, 5) is 11.6. The first-order chi connectivity index (χ1) is 9.55. The van der Waals surface area contributed by atoms with Crippen molar-refractivity contribution in [3.63, 3.8) is 0 Å². The fourth-order valence-corrected chi connectivity index (χ4v) is 4.92. The van der Waals surface area contributed by atoms with Crippen LogP contribution in [0, 0.1) is 0 Å². The van der Waals surface area contributed by atoms with E-state index in [4.69, 9.17) is 8.85 Å². The summed E-state index contributed by atoms with van der Waals surface area (Å²) < 4.78 is 12.0. The van der Waals surface area contributed by atoms with E-state index < -0.39 is 14.7 Å². The van der Waals surface area contributed by atoms with Gasteiger partial charge in [-0.2, -0.15) is 0 Å². The summed E-state index contributed by atoms with van der Waals surface area (Å²) in [5.41, 5.74) is 0. The molecule has 0 aromatic heterocycles. The number of carbonyl (C=O) groups excluding carboxylic acids is 1. The van der Waals surface area contributed by atoms with Crippen molar-refractivity contribution in [2.24, 2.45) is 0 Å². The van der Waals surface area contributed by atoms with Crippen LogP contribution in [0.3, 0.4) is 0 Å². The van der Waals surface area contributed by atoms with Gasteiger partial charge in [-0.3, -0.25) is 4.79 Å². The molecule has 0 saturated heterocycles. The van der Waals surface area contributed by atoms with Crippen molar-refractivity contribution >= 4 is 14.3 Å². The molecule has 0 aromatic carbocycles. The van der Waals surface area contributed by atoms with Crippen molar-refractivity contribution in [3.8, 4) is 0 Å². The largest absolute Gasteiger partial charge is 0.394 e. The molecule has 0 radical (unpaired) electrons. The molecule has 5 heteroatoms. The fourth-order valence-electron chi connectivity index (χ4n) is 1.92. The lowest BCUT2D eigenvalue weighted by Gasteiger charge is -2.30. The van der Waals surface area contributed by atoms with Gasteiger partial charge in [0.25, 0.3) is 0 Å². The minimum atomic E-state index is -2.28. The third kappa shape index (κ3) is 7.33. The fraction of sp³-hybridized carbons (Fsp3) is 0.800. The number of hydrogen-bond donors (Lipinski definition) is 1. The summed E-state index contributed by atoms with van der Waals surface area (Å²) in [6, 6.07) is 1.51. The van der Waals surface area contributed by atoms with Crippen LogP contribution < -0.4 is 0 Å². The molecule has 1 N–H and O–H groups in total. The Balaban J connectivity index is 4.57. The zero-order valence-electron chi connectivity index (χ0n) is 13.4. The monoisotopic (exact) mass is 302 g/mol. The molecule has 0 aliphatic rings. The van der Waals surface area contributed by atoms with Gasteiger partial charge >= 0.3 is 8.56 Å². The van der Waals surface area contributed by atoms with Crippen LogP contribution in [0.4, 0.5) is 0 Å². The van der Waals surface area contributed by atoms with E-state index in [0.717, 1.165) is 18.9 Å². The molecule has 118 valence electrons. The van der Waals surface area contributed by atoms with E-state index >= 15 is 0 Å². The maximum absolute atomic E-state index is 11.6. The van der Waals surface area contributed by atoms with Gasteiger partial charge in [0.2, 0.25) is 0 Å². The second kappa shape index (κ2) is 11.2. The highest BCUT2D eigenvalue weighted by Crippen LogP contribution is 2.23. The Morgan fingerprint density at radius 3 is 2.15 bits per heavy atom. The maximum atomic E-state index is 11.6. The van der Waals surface area contributed by atoms with Gasteiger partial charge < -0.3 is 14.0 Å². The van der Waals surface area contributed by atoms with Crippen molar-refractivity contribution in [2.75, 3.05) is 13.2 Å². The van der Waals surface area contributed by atoms with E-state index in [0.29, 0.717) is 25.7 Å². The lowest BCUT2D eigenvalue weighted by atomic mass is 10.2. The van der Waals surface area contributed by atoms with E-state index in [9.17, 15) is 9.90 Å².